The molecule has 0 unspecified atom stereocenters. The number of hydrogen-bond acceptors (Lipinski definition) is 6. The molecule has 1 saturated heterocycles. The first kappa shape index (κ1) is 18.7. The first-order valence-corrected chi connectivity index (χ1v) is 9.80. The van der Waals surface area contributed by atoms with Crippen LogP contribution in [0.4, 0.5) is 5.69 Å². The molecule has 28 heavy (non-hydrogen) atoms. The maximum Gasteiger partial charge on any atom is 0.278 e. The molecule has 0 saturated carbocycles. The lowest BCUT2D eigenvalue weighted by molar-refractivity contribution is 0.0295. The van der Waals surface area contributed by atoms with Crippen molar-refractivity contribution in [2.75, 3.05) is 31.6 Å². The van der Waals surface area contributed by atoms with Gasteiger partial charge >= 0.3 is 0 Å². The standard InChI is InChI=1S/C19H25N5O4/c1-3-24-17(19(26)23-6-8-27-9-7-23)14(11-20-24)21-18(25)16-13-10-12(2)4-5-15(13)28-22-16/h11-12H,3-10H2,1-2H3,(H,21,25)/t12-/m1/s1. The number of rotatable bonds is 4. The van der Waals surface area contributed by atoms with Crippen LogP contribution in [0.3, 0.4) is 0 Å². The number of carbonyl (C=O) groups excluding carboxylic acids is 2. The van der Waals surface area contributed by atoms with Gasteiger partial charge in [-0.15, -0.1) is 0 Å². The maximum absolute atomic E-state index is 13.0. The van der Waals surface area contributed by atoms with E-state index in [9.17, 15) is 9.59 Å². The van der Waals surface area contributed by atoms with Crippen LogP contribution in [0.15, 0.2) is 10.7 Å². The van der Waals surface area contributed by atoms with E-state index in [0.29, 0.717) is 55.8 Å². The molecule has 0 bridgehead atoms. The molecule has 0 radical (unpaired) electrons. The normalized spacial score (nSPS) is 19.4. The van der Waals surface area contributed by atoms with E-state index < -0.39 is 0 Å². The monoisotopic (exact) mass is 387 g/mol. The van der Waals surface area contributed by atoms with E-state index >= 15 is 0 Å². The van der Waals surface area contributed by atoms with E-state index in [4.69, 9.17) is 9.26 Å². The summed E-state index contributed by atoms with van der Waals surface area (Å²) in [7, 11) is 0. The maximum atomic E-state index is 13.0. The van der Waals surface area contributed by atoms with E-state index in [0.717, 1.165) is 30.6 Å². The SMILES string of the molecule is CCn1ncc(NC(=O)c2noc3c2C[C@H](C)CC3)c1C(=O)N1CCOCC1. The van der Waals surface area contributed by atoms with Gasteiger partial charge in [-0.2, -0.15) is 5.10 Å². The van der Waals surface area contributed by atoms with Gasteiger partial charge in [0.1, 0.15) is 11.5 Å². The van der Waals surface area contributed by atoms with Gasteiger partial charge in [-0.1, -0.05) is 12.1 Å². The van der Waals surface area contributed by atoms with Crippen molar-refractivity contribution in [2.24, 2.45) is 5.92 Å². The van der Waals surface area contributed by atoms with Gasteiger partial charge in [0.25, 0.3) is 11.8 Å². The molecule has 0 spiro atoms. The Bertz CT molecular complexity index is 881. The van der Waals surface area contributed by atoms with Gasteiger partial charge in [-0.05, 0) is 25.7 Å². The van der Waals surface area contributed by atoms with Gasteiger partial charge in [0.2, 0.25) is 0 Å². The lowest BCUT2D eigenvalue weighted by atomic mass is 9.88. The number of aromatic nitrogens is 3. The number of anilines is 1. The largest absolute Gasteiger partial charge is 0.378 e. The molecule has 1 N–H and O–H groups in total. The molecular weight excluding hydrogens is 362 g/mol. The second-order valence-electron chi connectivity index (χ2n) is 7.36. The first-order valence-electron chi connectivity index (χ1n) is 9.80. The highest BCUT2D eigenvalue weighted by atomic mass is 16.5. The molecule has 4 rings (SSSR count). The summed E-state index contributed by atoms with van der Waals surface area (Å²) in [6.45, 7) is 6.66. The molecule has 1 fully saturated rings. The Labute approximate surface area is 163 Å². The summed E-state index contributed by atoms with van der Waals surface area (Å²) in [5, 5.41) is 11.1. The molecule has 0 aromatic carbocycles. The fraction of sp³-hybridized carbons (Fsp3) is 0.579. The molecule has 2 aromatic heterocycles. The van der Waals surface area contributed by atoms with Crippen LogP contribution in [0.2, 0.25) is 0 Å². The van der Waals surface area contributed by atoms with Crippen LogP contribution in [0.25, 0.3) is 0 Å². The molecule has 3 heterocycles. The quantitative estimate of drug-likeness (QED) is 0.857. The van der Waals surface area contributed by atoms with Crippen molar-refractivity contribution in [1.29, 1.82) is 0 Å². The Morgan fingerprint density at radius 3 is 2.86 bits per heavy atom. The van der Waals surface area contributed by atoms with Crippen molar-refractivity contribution in [3.8, 4) is 0 Å². The number of carbonyl (C=O) groups is 2. The minimum absolute atomic E-state index is 0.159. The van der Waals surface area contributed by atoms with E-state index in [1.165, 1.54) is 6.20 Å². The molecule has 2 aromatic rings. The van der Waals surface area contributed by atoms with Crippen LogP contribution in [-0.4, -0.2) is 58.0 Å². The second-order valence-corrected chi connectivity index (χ2v) is 7.36. The molecule has 2 aliphatic rings. The molecule has 1 aliphatic heterocycles. The molecular formula is C19H25N5O4. The zero-order valence-electron chi connectivity index (χ0n) is 16.2. The van der Waals surface area contributed by atoms with Gasteiger partial charge in [0, 0.05) is 31.6 Å². The predicted octanol–water partition coefficient (Wildman–Crippen LogP) is 1.74. The second kappa shape index (κ2) is 7.75. The number of nitrogens with zero attached hydrogens (tertiary/aromatic N) is 4. The van der Waals surface area contributed by atoms with E-state index in [2.05, 4.69) is 22.5 Å². The van der Waals surface area contributed by atoms with Crippen molar-refractivity contribution < 1.29 is 18.8 Å². The summed E-state index contributed by atoms with van der Waals surface area (Å²) in [5.74, 6) is 0.747. The average molecular weight is 387 g/mol. The minimum atomic E-state index is -0.370. The third-order valence-corrected chi connectivity index (χ3v) is 5.39. The molecule has 9 heteroatoms. The molecule has 1 atom stereocenters. The number of aryl methyl sites for hydroxylation is 2. The van der Waals surface area contributed by atoms with Crippen LogP contribution in [0.5, 0.6) is 0 Å². The lowest BCUT2D eigenvalue weighted by Gasteiger charge is -2.27. The first-order chi connectivity index (χ1) is 13.6. The van der Waals surface area contributed by atoms with Gasteiger partial charge in [-0.25, -0.2) is 0 Å². The van der Waals surface area contributed by atoms with Crippen LogP contribution in [0, 0.1) is 5.92 Å². The molecule has 2 amide bonds. The fourth-order valence-electron chi connectivity index (χ4n) is 3.80. The minimum Gasteiger partial charge on any atom is -0.378 e. The highest BCUT2D eigenvalue weighted by Gasteiger charge is 2.30. The fourth-order valence-corrected chi connectivity index (χ4v) is 3.80. The van der Waals surface area contributed by atoms with Gasteiger partial charge < -0.3 is 19.5 Å². The topological polar surface area (TPSA) is 102 Å². The Morgan fingerprint density at radius 2 is 2.11 bits per heavy atom. The number of hydrogen-bond donors (Lipinski definition) is 1. The average Bonchev–Trinajstić information content (AvgIpc) is 3.31. The van der Waals surface area contributed by atoms with Gasteiger partial charge in [0.05, 0.1) is 25.1 Å². The van der Waals surface area contributed by atoms with Crippen LogP contribution in [-0.2, 0) is 24.1 Å². The zero-order valence-corrected chi connectivity index (χ0v) is 16.2. The molecule has 1 aliphatic carbocycles. The third-order valence-electron chi connectivity index (χ3n) is 5.39. The van der Waals surface area contributed by atoms with Crippen molar-refractivity contribution in [2.45, 2.75) is 39.7 Å². The summed E-state index contributed by atoms with van der Waals surface area (Å²) in [6.07, 6.45) is 4.12. The van der Waals surface area contributed by atoms with Gasteiger partial charge in [-0.3, -0.25) is 14.3 Å². The Hall–Kier alpha value is -2.68. The zero-order chi connectivity index (χ0) is 19.7. The number of amides is 2. The highest BCUT2D eigenvalue weighted by Crippen LogP contribution is 2.28. The van der Waals surface area contributed by atoms with E-state index in [1.54, 1.807) is 9.58 Å². The highest BCUT2D eigenvalue weighted by molar-refractivity contribution is 6.08. The number of ether oxygens (including phenoxy) is 1. The summed E-state index contributed by atoms with van der Waals surface area (Å²) in [6, 6.07) is 0. The van der Waals surface area contributed by atoms with Crippen LogP contribution < -0.4 is 5.32 Å². The number of nitrogens with one attached hydrogen (secondary N) is 1. The molecule has 9 nitrogen and oxygen atoms in total. The van der Waals surface area contributed by atoms with E-state index in [1.807, 2.05) is 6.92 Å². The van der Waals surface area contributed by atoms with Crippen molar-refractivity contribution in [3.63, 3.8) is 0 Å². The third kappa shape index (κ3) is 3.42. The Balaban J connectivity index is 1.58. The Morgan fingerprint density at radius 1 is 1.32 bits per heavy atom. The van der Waals surface area contributed by atoms with Crippen molar-refractivity contribution >= 4 is 17.5 Å². The number of morpholine rings is 1. The predicted molar refractivity (Wildman–Crippen MR) is 100 cm³/mol. The van der Waals surface area contributed by atoms with Crippen LogP contribution >= 0.6 is 0 Å². The summed E-state index contributed by atoms with van der Waals surface area (Å²) < 4.78 is 12.3. The summed E-state index contributed by atoms with van der Waals surface area (Å²) >= 11 is 0. The Kier molecular flexibility index (Phi) is 5.17. The van der Waals surface area contributed by atoms with Crippen molar-refractivity contribution in [1.82, 2.24) is 19.8 Å². The summed E-state index contributed by atoms with van der Waals surface area (Å²) in [5.41, 5.74) is 1.95. The van der Waals surface area contributed by atoms with Crippen molar-refractivity contribution in [3.05, 3.63) is 28.9 Å². The molecule has 150 valence electrons. The van der Waals surface area contributed by atoms with Gasteiger partial charge in [0.15, 0.2) is 5.69 Å². The smallest absolute Gasteiger partial charge is 0.278 e. The van der Waals surface area contributed by atoms with E-state index in [-0.39, 0.29) is 11.8 Å². The lowest BCUT2D eigenvalue weighted by Crippen LogP contribution is -2.41. The number of fused-ring (bicyclic) bond motifs is 1. The summed E-state index contributed by atoms with van der Waals surface area (Å²) in [4.78, 5) is 27.6. The van der Waals surface area contributed by atoms with Crippen LogP contribution in [0.1, 0.15) is 52.6 Å².